The van der Waals surface area contributed by atoms with Gasteiger partial charge in [-0.15, -0.1) is 0 Å². The number of amides is 2. The van der Waals surface area contributed by atoms with Crippen LogP contribution in [0.1, 0.15) is 5.56 Å². The fourth-order valence-electron chi connectivity index (χ4n) is 2.56. The molecule has 0 fully saturated rings. The molecule has 0 unspecified atom stereocenters. The van der Waals surface area contributed by atoms with Gasteiger partial charge in [-0.1, -0.05) is 30.3 Å². The van der Waals surface area contributed by atoms with E-state index in [1.165, 1.54) is 36.4 Å². The van der Waals surface area contributed by atoms with E-state index in [9.17, 15) is 19.7 Å². The van der Waals surface area contributed by atoms with Gasteiger partial charge in [0.25, 0.3) is 17.5 Å². The molecule has 0 aliphatic heterocycles. The van der Waals surface area contributed by atoms with Crippen molar-refractivity contribution in [1.82, 2.24) is 10.9 Å². The lowest BCUT2D eigenvalue weighted by Crippen LogP contribution is -2.43. The van der Waals surface area contributed by atoms with E-state index in [1.54, 1.807) is 6.07 Å². The number of non-ortho nitro benzene ring substituents is 1. The molecule has 0 saturated heterocycles. The van der Waals surface area contributed by atoms with Crippen molar-refractivity contribution in [3.8, 4) is 5.75 Å². The van der Waals surface area contributed by atoms with E-state index in [4.69, 9.17) is 4.74 Å². The number of nitrogens with one attached hydrogen (secondary N) is 2. The maximum absolute atomic E-state index is 11.9. The summed E-state index contributed by atoms with van der Waals surface area (Å²) >= 11 is 3.48. The molecule has 8 nitrogen and oxygen atoms in total. The molecule has 30 heavy (non-hydrogen) atoms. The van der Waals surface area contributed by atoms with E-state index < -0.39 is 16.7 Å². The topological polar surface area (TPSA) is 111 Å². The summed E-state index contributed by atoms with van der Waals surface area (Å²) in [5, 5.41) is 12.6. The molecular weight excluding hydrogens is 454 g/mol. The maximum Gasteiger partial charge on any atom is 0.276 e. The number of benzene rings is 3. The van der Waals surface area contributed by atoms with Gasteiger partial charge in [0, 0.05) is 18.2 Å². The normalized spacial score (nSPS) is 10.7. The summed E-state index contributed by atoms with van der Waals surface area (Å²) in [6.45, 7) is -0.288. The number of nitro benzene ring substituents is 1. The molecule has 0 aliphatic carbocycles. The highest BCUT2D eigenvalue weighted by atomic mass is 79.9. The van der Waals surface area contributed by atoms with Crippen LogP contribution in [0, 0.1) is 10.1 Å². The van der Waals surface area contributed by atoms with Crippen molar-refractivity contribution in [1.29, 1.82) is 0 Å². The van der Waals surface area contributed by atoms with Gasteiger partial charge in [0.15, 0.2) is 6.61 Å². The highest BCUT2D eigenvalue weighted by Crippen LogP contribution is 2.32. The molecule has 0 atom stereocenters. The van der Waals surface area contributed by atoms with Crippen molar-refractivity contribution < 1.29 is 19.2 Å². The van der Waals surface area contributed by atoms with E-state index in [2.05, 4.69) is 26.8 Å². The lowest BCUT2D eigenvalue weighted by Gasteiger charge is -2.10. The molecule has 9 heteroatoms. The van der Waals surface area contributed by atoms with Crippen LogP contribution in [0.2, 0.25) is 0 Å². The molecule has 0 radical (unpaired) electrons. The lowest BCUT2D eigenvalue weighted by molar-refractivity contribution is -0.384. The Labute approximate surface area is 179 Å². The summed E-state index contributed by atoms with van der Waals surface area (Å²) in [5.41, 5.74) is 5.05. The molecule has 0 bridgehead atoms. The Morgan fingerprint density at radius 2 is 1.77 bits per heavy atom. The van der Waals surface area contributed by atoms with Gasteiger partial charge in [0.1, 0.15) is 5.75 Å². The molecule has 3 aromatic rings. The molecule has 0 spiro atoms. The summed E-state index contributed by atoms with van der Waals surface area (Å²) in [5.74, 6) is -0.589. The third-order valence-electron chi connectivity index (χ3n) is 4.04. The van der Waals surface area contributed by atoms with Crippen molar-refractivity contribution in [2.75, 3.05) is 6.61 Å². The highest BCUT2D eigenvalue weighted by molar-refractivity contribution is 9.10. The Morgan fingerprint density at radius 3 is 2.50 bits per heavy atom. The van der Waals surface area contributed by atoms with Gasteiger partial charge < -0.3 is 4.74 Å². The molecule has 2 N–H and O–H groups in total. The van der Waals surface area contributed by atoms with E-state index in [0.717, 1.165) is 15.2 Å². The first-order valence-corrected chi connectivity index (χ1v) is 9.55. The van der Waals surface area contributed by atoms with Crippen LogP contribution in [0.5, 0.6) is 5.75 Å². The van der Waals surface area contributed by atoms with Gasteiger partial charge in [-0.05, 0) is 56.5 Å². The van der Waals surface area contributed by atoms with Crippen molar-refractivity contribution in [2.45, 2.75) is 0 Å². The van der Waals surface area contributed by atoms with Crippen LogP contribution in [-0.2, 0) is 9.59 Å². The van der Waals surface area contributed by atoms with Gasteiger partial charge in [-0.3, -0.25) is 30.6 Å². The van der Waals surface area contributed by atoms with Crippen LogP contribution in [-0.4, -0.2) is 23.3 Å². The standard InChI is InChI=1S/C21H16BrN3O5/c22-21-17-4-2-1-3-15(17)8-11-18(21)30-13-20(27)24-23-19(26)12-7-14-5-9-16(10-6-14)25(28)29/h1-12H,13H2,(H,23,26)(H,24,27)/b12-7+. The molecule has 0 aliphatic rings. The number of hydrogen-bond donors (Lipinski definition) is 2. The summed E-state index contributed by atoms with van der Waals surface area (Å²) in [7, 11) is 0. The second-order valence-corrected chi connectivity index (χ2v) is 6.90. The van der Waals surface area contributed by atoms with Crippen molar-refractivity contribution in [3.05, 3.63) is 86.9 Å². The summed E-state index contributed by atoms with van der Waals surface area (Å²) in [6.07, 6.45) is 2.66. The number of nitrogens with zero attached hydrogens (tertiary/aromatic N) is 1. The van der Waals surface area contributed by atoms with Gasteiger partial charge in [0.2, 0.25) is 0 Å². The van der Waals surface area contributed by atoms with Crippen LogP contribution >= 0.6 is 15.9 Å². The number of ether oxygens (including phenoxy) is 1. The van der Waals surface area contributed by atoms with Crippen molar-refractivity contribution >= 4 is 50.3 Å². The molecule has 0 saturated carbocycles. The van der Waals surface area contributed by atoms with Crippen LogP contribution in [0.25, 0.3) is 16.8 Å². The van der Waals surface area contributed by atoms with E-state index >= 15 is 0 Å². The number of nitro groups is 1. The molecular formula is C21H16BrN3O5. The lowest BCUT2D eigenvalue weighted by atomic mass is 10.1. The number of hydrogen-bond acceptors (Lipinski definition) is 5. The zero-order valence-electron chi connectivity index (χ0n) is 15.5. The number of halogens is 1. The van der Waals surface area contributed by atoms with Gasteiger partial charge in [-0.25, -0.2) is 0 Å². The predicted molar refractivity (Wildman–Crippen MR) is 116 cm³/mol. The number of carbonyl (C=O) groups excluding carboxylic acids is 2. The average Bonchev–Trinajstić information content (AvgIpc) is 2.76. The average molecular weight is 470 g/mol. The number of rotatable bonds is 6. The molecule has 2 amide bonds. The SMILES string of the molecule is O=C(/C=C/c1ccc([N+](=O)[O-])cc1)NNC(=O)COc1ccc2ccccc2c1Br. The van der Waals surface area contributed by atoms with Crippen molar-refractivity contribution in [2.24, 2.45) is 0 Å². The largest absolute Gasteiger partial charge is 0.483 e. The molecule has 152 valence electrons. The monoisotopic (exact) mass is 469 g/mol. The van der Waals surface area contributed by atoms with Crippen LogP contribution in [0.15, 0.2) is 71.2 Å². The Morgan fingerprint density at radius 1 is 1.03 bits per heavy atom. The van der Waals surface area contributed by atoms with Crippen LogP contribution < -0.4 is 15.6 Å². The number of hydrazine groups is 1. The second-order valence-electron chi connectivity index (χ2n) is 6.11. The first-order chi connectivity index (χ1) is 14.4. The fraction of sp³-hybridized carbons (Fsp3) is 0.0476. The number of fused-ring (bicyclic) bond motifs is 1. The van der Waals surface area contributed by atoms with Gasteiger partial charge in [0.05, 0.1) is 9.40 Å². The van der Waals surface area contributed by atoms with Crippen molar-refractivity contribution in [3.63, 3.8) is 0 Å². The Balaban J connectivity index is 1.48. The second kappa shape index (κ2) is 9.66. The van der Waals surface area contributed by atoms with Crippen LogP contribution in [0.4, 0.5) is 5.69 Å². The molecule has 3 rings (SSSR count). The van der Waals surface area contributed by atoms with Gasteiger partial charge >= 0.3 is 0 Å². The molecule has 0 heterocycles. The first-order valence-electron chi connectivity index (χ1n) is 8.75. The Bertz CT molecular complexity index is 1130. The maximum atomic E-state index is 11.9. The Hall–Kier alpha value is -3.72. The summed E-state index contributed by atoms with van der Waals surface area (Å²) in [6, 6.07) is 17.1. The summed E-state index contributed by atoms with van der Waals surface area (Å²) in [4.78, 5) is 33.8. The first kappa shape index (κ1) is 21.0. The van der Waals surface area contributed by atoms with E-state index in [-0.39, 0.29) is 12.3 Å². The number of carbonyl (C=O) groups is 2. The quantitative estimate of drug-likeness (QED) is 0.324. The third-order valence-corrected chi connectivity index (χ3v) is 4.86. The fourth-order valence-corrected chi connectivity index (χ4v) is 3.16. The zero-order valence-corrected chi connectivity index (χ0v) is 17.1. The molecule has 0 aromatic heterocycles. The van der Waals surface area contributed by atoms with Gasteiger partial charge in [-0.2, -0.15) is 0 Å². The highest BCUT2D eigenvalue weighted by Gasteiger charge is 2.09. The van der Waals surface area contributed by atoms with Crippen LogP contribution in [0.3, 0.4) is 0 Å². The summed E-state index contributed by atoms with van der Waals surface area (Å²) < 4.78 is 6.25. The predicted octanol–water partition coefficient (Wildman–Crippen LogP) is 3.75. The molecule has 3 aromatic carbocycles. The van der Waals surface area contributed by atoms with E-state index in [1.807, 2.05) is 30.3 Å². The minimum Gasteiger partial charge on any atom is -0.483 e. The zero-order chi connectivity index (χ0) is 21.5. The Kier molecular flexibility index (Phi) is 6.76. The third kappa shape index (κ3) is 5.42. The smallest absolute Gasteiger partial charge is 0.276 e. The minimum absolute atomic E-state index is 0.0399. The minimum atomic E-state index is -0.561. The van der Waals surface area contributed by atoms with E-state index in [0.29, 0.717) is 11.3 Å².